The van der Waals surface area contributed by atoms with Gasteiger partial charge in [0.05, 0.1) is 25.2 Å². The number of nitrogens with zero attached hydrogens (tertiary/aromatic N) is 7. The first-order valence-electron chi connectivity index (χ1n) is 12.9. The number of pyridine rings is 1. The molecule has 3 aliphatic rings. The summed E-state index contributed by atoms with van der Waals surface area (Å²) in [5.74, 6) is -0.321. The van der Waals surface area contributed by atoms with Crippen molar-refractivity contribution in [2.45, 2.75) is 49.2 Å². The van der Waals surface area contributed by atoms with Crippen LogP contribution in [0.5, 0.6) is 0 Å². The van der Waals surface area contributed by atoms with Crippen LogP contribution in [0.4, 0.5) is 20.4 Å². The van der Waals surface area contributed by atoms with E-state index in [4.69, 9.17) is 50.8 Å². The predicted molar refractivity (Wildman–Crippen MR) is 148 cm³/mol. The van der Waals surface area contributed by atoms with Crippen LogP contribution in [0.25, 0.3) is 22.3 Å². The second-order valence-corrected chi connectivity index (χ2v) is 14.3. The fraction of sp³-hybridized carbons (Fsp3) is 0.500. The summed E-state index contributed by atoms with van der Waals surface area (Å²) in [5, 5.41) is 7.48. The number of alkyl halides is 2. The van der Waals surface area contributed by atoms with Crippen molar-refractivity contribution in [2.75, 3.05) is 24.7 Å². The highest BCUT2D eigenvalue weighted by atomic mass is 32.5. The van der Waals surface area contributed by atoms with Gasteiger partial charge in [-0.1, -0.05) is 5.21 Å². The Morgan fingerprint density at radius 1 is 1.00 bits per heavy atom. The first-order chi connectivity index (χ1) is 21.3. The van der Waals surface area contributed by atoms with Gasteiger partial charge in [0, 0.05) is 6.20 Å². The summed E-state index contributed by atoms with van der Waals surface area (Å²) in [6, 6.07) is 1.49. The smallest absolute Gasteiger partial charge is 0.397 e. The summed E-state index contributed by atoms with van der Waals surface area (Å²) in [5.41, 5.74) is 10.9. The van der Waals surface area contributed by atoms with E-state index >= 15 is 8.78 Å². The number of nitrogen functional groups attached to an aromatic ring is 2. The van der Waals surface area contributed by atoms with Gasteiger partial charge in [-0.05, 0) is 17.9 Å². The van der Waals surface area contributed by atoms with Crippen molar-refractivity contribution in [1.29, 1.82) is 0 Å². The maximum absolute atomic E-state index is 15.9. The Kier molecular flexibility index (Phi) is 7.49. The molecule has 4 aromatic heterocycles. The molecule has 3 saturated heterocycles. The molecule has 242 valence electrons. The molecule has 45 heavy (non-hydrogen) atoms. The number of nitrogens with one attached hydrogen (secondary N) is 1. The SMILES string of the molecule is Nc1nc2c(nnn2[C@@H]2O[C@@H]3COP(=O)(O)O[C@H]4[C@H](F)[C@H](n5cnc6c(N)ccnc65)O[C@@H]4COP(O)(=S)O[C@@H]2[C@@H]3F)c(=O)[nH]1. The fourth-order valence-electron chi connectivity index (χ4n) is 5.19. The lowest BCUT2D eigenvalue weighted by atomic mass is 10.1. The van der Waals surface area contributed by atoms with Gasteiger partial charge in [-0.2, -0.15) is 9.67 Å². The molecule has 3 fully saturated rings. The number of hydrogen-bond donors (Lipinski definition) is 5. The van der Waals surface area contributed by atoms with Crippen molar-refractivity contribution >= 4 is 60.3 Å². The molecule has 3 aliphatic heterocycles. The van der Waals surface area contributed by atoms with E-state index < -0.39 is 82.5 Å². The largest absolute Gasteiger partial charge is 0.472 e. The normalized spacial score (nSPS) is 37.7. The molecular formula is C20H22F2N10O10P2S. The van der Waals surface area contributed by atoms with Crippen molar-refractivity contribution in [3.8, 4) is 0 Å². The van der Waals surface area contributed by atoms with E-state index in [1.165, 1.54) is 23.2 Å². The lowest BCUT2D eigenvalue weighted by Gasteiger charge is -2.26. The number of nitrogens with two attached hydrogens (primary N) is 2. The highest BCUT2D eigenvalue weighted by Gasteiger charge is 2.54. The van der Waals surface area contributed by atoms with Crippen molar-refractivity contribution < 1.29 is 50.7 Å². The zero-order valence-corrected chi connectivity index (χ0v) is 24.9. The van der Waals surface area contributed by atoms with Gasteiger partial charge in [0.1, 0.15) is 29.9 Å². The lowest BCUT2D eigenvalue weighted by molar-refractivity contribution is -0.0668. The number of H-pyrrole nitrogens is 1. The molecule has 20 nitrogen and oxygen atoms in total. The second-order valence-electron chi connectivity index (χ2n) is 10.1. The Labute approximate surface area is 253 Å². The quantitative estimate of drug-likeness (QED) is 0.169. The number of phosphoric acid groups is 1. The third-order valence-corrected chi connectivity index (χ3v) is 9.75. The van der Waals surface area contributed by atoms with Crippen LogP contribution >= 0.6 is 14.5 Å². The van der Waals surface area contributed by atoms with E-state index in [2.05, 4.69) is 30.2 Å². The van der Waals surface area contributed by atoms with E-state index in [0.717, 1.165) is 4.68 Å². The monoisotopic (exact) mass is 694 g/mol. The molecule has 25 heteroatoms. The van der Waals surface area contributed by atoms with Crippen molar-refractivity contribution in [3.63, 3.8) is 0 Å². The molecule has 4 aromatic rings. The zero-order valence-electron chi connectivity index (χ0n) is 22.3. The summed E-state index contributed by atoms with van der Waals surface area (Å²) in [6.45, 7) is -6.11. The first-order valence-corrected chi connectivity index (χ1v) is 17.0. The van der Waals surface area contributed by atoms with Gasteiger partial charge < -0.3 is 35.3 Å². The van der Waals surface area contributed by atoms with Crippen LogP contribution in [0, 0.1) is 0 Å². The van der Waals surface area contributed by atoms with Crippen LogP contribution in [0.1, 0.15) is 12.5 Å². The summed E-state index contributed by atoms with van der Waals surface area (Å²) in [4.78, 5) is 48.2. The number of anilines is 2. The Balaban J connectivity index is 1.21. The molecule has 0 aromatic carbocycles. The first kappa shape index (κ1) is 30.6. The van der Waals surface area contributed by atoms with Gasteiger partial charge in [0.15, 0.2) is 41.6 Å². The number of aromatic amines is 1. The standard InChI is InChI=1S/C20H22F2N10O10P2S/c21-9-7-3-37-43(34,35)41-13-8(40-18(10(13)22)31-5-26-11-6(23)1-2-25-15(11)31)4-38-44(36,45)42-14(9)19(39-7)32-16-12(29-30-32)17(33)28-20(24)27-16/h1-2,5,7-10,13-14,18-19H,3-4H2,(H2,23,25)(H,34,35)(H,36,45)(H3,24,27,28,33)/t7-,8-,9-,10+,13-,14-,18-,19-,44?/m1/s1. The number of fused-ring (bicyclic) bond motifs is 5. The maximum atomic E-state index is 15.9. The van der Waals surface area contributed by atoms with Gasteiger partial charge in [-0.25, -0.2) is 23.3 Å². The summed E-state index contributed by atoms with van der Waals surface area (Å²) >= 11 is 5.11. The van der Waals surface area contributed by atoms with E-state index in [-0.39, 0.29) is 34.0 Å². The van der Waals surface area contributed by atoms with Crippen molar-refractivity contribution in [2.24, 2.45) is 0 Å². The Hall–Kier alpha value is -3.08. The minimum Gasteiger partial charge on any atom is -0.397 e. The zero-order chi connectivity index (χ0) is 31.8. The number of imidazole rings is 1. The van der Waals surface area contributed by atoms with E-state index in [1.54, 1.807) is 0 Å². The predicted octanol–water partition coefficient (Wildman–Crippen LogP) is -0.271. The van der Waals surface area contributed by atoms with Gasteiger partial charge in [0.2, 0.25) is 5.95 Å². The van der Waals surface area contributed by atoms with Gasteiger partial charge in [-0.15, -0.1) is 5.10 Å². The Morgan fingerprint density at radius 3 is 2.56 bits per heavy atom. The number of ether oxygens (including phenoxy) is 2. The molecule has 0 radical (unpaired) electrons. The molecule has 2 unspecified atom stereocenters. The van der Waals surface area contributed by atoms with Crippen LogP contribution in [-0.4, -0.2) is 99.3 Å². The molecule has 2 bridgehead atoms. The minimum absolute atomic E-state index is 0.143. The van der Waals surface area contributed by atoms with Crippen LogP contribution < -0.4 is 17.0 Å². The molecule has 0 aliphatic carbocycles. The van der Waals surface area contributed by atoms with Crippen molar-refractivity contribution in [3.05, 3.63) is 28.9 Å². The number of aromatic nitrogens is 8. The van der Waals surface area contributed by atoms with Crippen molar-refractivity contribution in [1.82, 2.24) is 39.5 Å². The average Bonchev–Trinajstić information content (AvgIpc) is 3.72. The number of phosphoric ester groups is 1. The lowest BCUT2D eigenvalue weighted by Crippen LogP contribution is -2.34. The van der Waals surface area contributed by atoms with Crippen LogP contribution in [-0.2, 0) is 43.9 Å². The molecule has 10 atom stereocenters. The third-order valence-electron chi connectivity index (χ3n) is 7.21. The minimum atomic E-state index is -5.15. The third kappa shape index (κ3) is 5.42. The average molecular weight is 694 g/mol. The molecular weight excluding hydrogens is 672 g/mol. The molecule has 7 heterocycles. The highest BCUT2D eigenvalue weighted by Crippen LogP contribution is 2.54. The summed E-state index contributed by atoms with van der Waals surface area (Å²) in [6.07, 6.45) is -11.7. The second kappa shape index (κ2) is 11.0. The molecule has 0 spiro atoms. The van der Waals surface area contributed by atoms with E-state index in [1.807, 2.05) is 0 Å². The number of hydrogen-bond acceptors (Lipinski definition) is 16. The highest BCUT2D eigenvalue weighted by molar-refractivity contribution is 8.07. The molecule has 0 saturated carbocycles. The topological polar surface area (TPSA) is 272 Å². The van der Waals surface area contributed by atoms with E-state index in [9.17, 15) is 19.1 Å². The fourth-order valence-corrected chi connectivity index (χ4v) is 7.55. The maximum Gasteiger partial charge on any atom is 0.472 e. The van der Waals surface area contributed by atoms with Crippen LogP contribution in [0.15, 0.2) is 23.4 Å². The molecule has 7 N–H and O–H groups in total. The summed E-state index contributed by atoms with van der Waals surface area (Å²) < 4.78 is 79.2. The van der Waals surface area contributed by atoms with Gasteiger partial charge >= 0.3 is 14.5 Å². The van der Waals surface area contributed by atoms with E-state index in [0.29, 0.717) is 0 Å². The Morgan fingerprint density at radius 2 is 1.76 bits per heavy atom. The van der Waals surface area contributed by atoms with Gasteiger partial charge in [0.25, 0.3) is 5.56 Å². The van der Waals surface area contributed by atoms with Gasteiger partial charge in [-0.3, -0.25) is 27.9 Å². The molecule has 7 rings (SSSR count). The number of halogens is 2. The number of rotatable bonds is 2. The van der Waals surface area contributed by atoms with Crippen LogP contribution in [0.2, 0.25) is 0 Å². The Bertz CT molecular complexity index is 1950. The summed E-state index contributed by atoms with van der Waals surface area (Å²) in [7, 11) is -5.15. The molecule has 0 amide bonds. The van der Waals surface area contributed by atoms with Crippen LogP contribution in [0.3, 0.4) is 0 Å².